The lowest BCUT2D eigenvalue weighted by atomic mass is 10.3. The summed E-state index contributed by atoms with van der Waals surface area (Å²) in [5, 5.41) is 9.01. The lowest BCUT2D eigenvalue weighted by molar-refractivity contribution is -0.866. The van der Waals surface area contributed by atoms with E-state index < -0.39 is 6.09 Å². The van der Waals surface area contributed by atoms with Gasteiger partial charge in [-0.15, -0.1) is 0 Å². The van der Waals surface area contributed by atoms with Crippen molar-refractivity contribution in [3.8, 4) is 0 Å². The minimum atomic E-state index is -0.655. The predicted molar refractivity (Wildman–Crippen MR) is 42.4 cm³/mol. The molecule has 0 unspecified atom stereocenters. The Morgan fingerprint density at radius 2 is 1.82 bits per heavy atom. The summed E-state index contributed by atoms with van der Waals surface area (Å²) >= 11 is 0. The zero-order chi connectivity index (χ0) is 8.48. The molecule has 0 aromatic rings. The second-order valence-electron chi connectivity index (χ2n) is 3.56. The van der Waals surface area contributed by atoms with Gasteiger partial charge < -0.3 is 5.11 Å². The second kappa shape index (κ2) is 2.81. The third kappa shape index (κ3) is 1.25. The van der Waals surface area contributed by atoms with Gasteiger partial charge in [-0.05, 0) is 13.8 Å². The fraction of sp³-hybridized carbons (Fsp3) is 0.875. The Labute approximate surface area is 67.2 Å². The summed E-state index contributed by atoms with van der Waals surface area (Å²) in [4.78, 5) is 10.9. The number of quaternary nitrogens is 1. The van der Waals surface area contributed by atoms with E-state index in [1.54, 1.807) is 0 Å². The first-order valence-corrected chi connectivity index (χ1v) is 4.20. The van der Waals surface area contributed by atoms with Crippen molar-refractivity contribution in [1.82, 2.24) is 0 Å². The topological polar surface area (TPSA) is 37.3 Å². The molecule has 3 nitrogen and oxygen atoms in total. The monoisotopic (exact) mass is 158 g/mol. The Morgan fingerprint density at radius 1 is 1.36 bits per heavy atom. The van der Waals surface area contributed by atoms with Crippen LogP contribution in [0.4, 0.5) is 4.79 Å². The van der Waals surface area contributed by atoms with Gasteiger partial charge in [-0.2, -0.15) is 4.79 Å². The smallest absolute Gasteiger partial charge is 0.435 e. The van der Waals surface area contributed by atoms with Crippen molar-refractivity contribution in [2.45, 2.75) is 32.7 Å². The molecule has 0 aliphatic carbocycles. The summed E-state index contributed by atoms with van der Waals surface area (Å²) in [6.45, 7) is 5.60. The van der Waals surface area contributed by atoms with Crippen LogP contribution in [0.2, 0.25) is 0 Å². The highest BCUT2D eigenvalue weighted by atomic mass is 16.4. The summed E-state index contributed by atoms with van der Waals surface area (Å²) in [6, 6.07) is 0.218. The van der Waals surface area contributed by atoms with Crippen molar-refractivity contribution < 1.29 is 14.4 Å². The van der Waals surface area contributed by atoms with Gasteiger partial charge >= 0.3 is 6.09 Å². The number of hydrogen-bond donors (Lipinski definition) is 1. The fourth-order valence-electron chi connectivity index (χ4n) is 1.83. The van der Waals surface area contributed by atoms with Gasteiger partial charge in [0.15, 0.2) is 0 Å². The van der Waals surface area contributed by atoms with Crippen LogP contribution in [-0.4, -0.2) is 34.8 Å². The van der Waals surface area contributed by atoms with Gasteiger partial charge in [0.2, 0.25) is 0 Å². The van der Waals surface area contributed by atoms with Crippen LogP contribution in [0.5, 0.6) is 0 Å². The molecule has 1 amide bonds. The van der Waals surface area contributed by atoms with Gasteiger partial charge in [-0.1, -0.05) is 0 Å². The Balaban J connectivity index is 2.79. The van der Waals surface area contributed by atoms with Gasteiger partial charge in [-0.3, -0.25) is 0 Å². The van der Waals surface area contributed by atoms with Crippen LogP contribution in [-0.2, 0) is 0 Å². The second-order valence-corrected chi connectivity index (χ2v) is 3.56. The third-order valence-corrected chi connectivity index (χ3v) is 2.73. The molecule has 0 saturated carbocycles. The van der Waals surface area contributed by atoms with Crippen LogP contribution >= 0.6 is 0 Å². The molecule has 1 aliphatic heterocycles. The SMILES string of the molecule is CC(C)[N+]1(C(=O)O)CCCC1. The minimum Gasteiger partial charge on any atom is -0.435 e. The van der Waals surface area contributed by atoms with Crippen LogP contribution < -0.4 is 0 Å². The van der Waals surface area contributed by atoms with E-state index in [2.05, 4.69) is 0 Å². The summed E-state index contributed by atoms with van der Waals surface area (Å²) in [5.74, 6) is 0. The number of carbonyl (C=O) groups is 1. The molecule has 1 heterocycles. The van der Waals surface area contributed by atoms with Crippen molar-refractivity contribution >= 4 is 6.09 Å². The van der Waals surface area contributed by atoms with Crippen LogP contribution in [0.15, 0.2) is 0 Å². The van der Waals surface area contributed by atoms with Crippen LogP contribution in [0.1, 0.15) is 26.7 Å². The van der Waals surface area contributed by atoms with Crippen LogP contribution in [0.25, 0.3) is 0 Å². The molecule has 0 radical (unpaired) electrons. The minimum absolute atomic E-state index is 0.218. The molecule has 64 valence electrons. The van der Waals surface area contributed by atoms with Gasteiger partial charge in [0, 0.05) is 12.8 Å². The number of amides is 1. The summed E-state index contributed by atoms with van der Waals surface area (Å²) in [6.07, 6.45) is 1.46. The predicted octanol–water partition coefficient (Wildman–Crippen LogP) is 1.68. The molecule has 3 heteroatoms. The molecular formula is C8H16NO2+. The molecule has 0 aromatic carbocycles. The standard InChI is InChI=1S/C8H15NO2/c1-7(2)9(8(10)11)5-3-4-6-9/h7H,3-6H2,1-2H3/p+1. The molecule has 0 atom stereocenters. The van der Waals surface area contributed by atoms with Crippen molar-refractivity contribution in [3.05, 3.63) is 0 Å². The lowest BCUT2D eigenvalue weighted by Gasteiger charge is -2.31. The van der Waals surface area contributed by atoms with E-state index in [-0.39, 0.29) is 10.5 Å². The number of carboxylic acid groups (broad SMARTS) is 1. The molecule has 0 spiro atoms. The molecule has 1 saturated heterocycles. The first-order chi connectivity index (χ1) is 5.09. The van der Waals surface area contributed by atoms with Crippen LogP contribution in [0, 0.1) is 0 Å². The zero-order valence-corrected chi connectivity index (χ0v) is 7.21. The van der Waals surface area contributed by atoms with Crippen molar-refractivity contribution in [3.63, 3.8) is 0 Å². The Hall–Kier alpha value is -0.570. The highest BCUT2D eigenvalue weighted by Crippen LogP contribution is 2.23. The Morgan fingerprint density at radius 3 is 2.00 bits per heavy atom. The maximum Gasteiger partial charge on any atom is 0.513 e. The zero-order valence-electron chi connectivity index (χ0n) is 7.21. The maximum absolute atomic E-state index is 10.9. The van der Waals surface area contributed by atoms with E-state index in [4.69, 9.17) is 5.11 Å². The molecule has 0 aromatic heterocycles. The molecule has 11 heavy (non-hydrogen) atoms. The van der Waals surface area contributed by atoms with Crippen LogP contribution in [0.3, 0.4) is 0 Å². The van der Waals surface area contributed by atoms with E-state index in [1.807, 2.05) is 13.8 Å². The molecule has 1 fully saturated rings. The average Bonchev–Trinajstić information content (AvgIpc) is 2.34. The van der Waals surface area contributed by atoms with Gasteiger partial charge in [0.05, 0.1) is 19.1 Å². The lowest BCUT2D eigenvalue weighted by Crippen LogP contribution is -2.54. The molecule has 0 bridgehead atoms. The summed E-state index contributed by atoms with van der Waals surface area (Å²) < 4.78 is 0.278. The average molecular weight is 158 g/mol. The van der Waals surface area contributed by atoms with Crippen molar-refractivity contribution in [1.29, 1.82) is 0 Å². The van der Waals surface area contributed by atoms with E-state index in [0.29, 0.717) is 0 Å². The van der Waals surface area contributed by atoms with Gasteiger partial charge in [0.1, 0.15) is 0 Å². The van der Waals surface area contributed by atoms with E-state index >= 15 is 0 Å². The Bertz CT molecular complexity index is 159. The first-order valence-electron chi connectivity index (χ1n) is 4.20. The quantitative estimate of drug-likeness (QED) is 0.589. The third-order valence-electron chi connectivity index (χ3n) is 2.73. The fourth-order valence-corrected chi connectivity index (χ4v) is 1.83. The number of rotatable bonds is 1. The highest BCUT2D eigenvalue weighted by Gasteiger charge is 2.42. The normalized spacial score (nSPS) is 22.5. The van der Waals surface area contributed by atoms with Gasteiger partial charge in [0.25, 0.3) is 0 Å². The molecule has 1 aliphatic rings. The first kappa shape index (κ1) is 8.53. The molecular weight excluding hydrogens is 142 g/mol. The number of nitrogens with zero attached hydrogens (tertiary/aromatic N) is 1. The van der Waals surface area contributed by atoms with E-state index in [9.17, 15) is 4.79 Å². The van der Waals surface area contributed by atoms with E-state index in [1.165, 1.54) is 0 Å². The number of hydrogen-bond acceptors (Lipinski definition) is 1. The number of likely N-dealkylation sites (tertiary alicyclic amines) is 1. The summed E-state index contributed by atoms with van der Waals surface area (Å²) in [7, 11) is 0. The largest absolute Gasteiger partial charge is 0.513 e. The Kier molecular flexibility index (Phi) is 2.18. The summed E-state index contributed by atoms with van der Waals surface area (Å²) in [5.41, 5.74) is 0. The van der Waals surface area contributed by atoms with Crippen molar-refractivity contribution in [2.75, 3.05) is 13.1 Å². The van der Waals surface area contributed by atoms with E-state index in [0.717, 1.165) is 25.9 Å². The highest BCUT2D eigenvalue weighted by molar-refractivity contribution is 5.57. The van der Waals surface area contributed by atoms with Gasteiger partial charge in [-0.25, -0.2) is 4.48 Å². The van der Waals surface area contributed by atoms with Crippen molar-refractivity contribution in [2.24, 2.45) is 0 Å². The maximum atomic E-state index is 10.9. The molecule has 1 N–H and O–H groups in total. The molecule has 1 rings (SSSR count).